The van der Waals surface area contributed by atoms with E-state index in [4.69, 9.17) is 0 Å². The van der Waals surface area contributed by atoms with Crippen LogP contribution in [0.15, 0.2) is 36.5 Å². The number of thiazole rings is 1. The van der Waals surface area contributed by atoms with E-state index < -0.39 is 6.36 Å². The van der Waals surface area contributed by atoms with Crippen molar-refractivity contribution in [3.05, 3.63) is 36.5 Å². The lowest BCUT2D eigenvalue weighted by Gasteiger charge is -2.07. The van der Waals surface area contributed by atoms with Crippen LogP contribution in [0.3, 0.4) is 0 Å². The number of hydrogen-bond acceptors (Lipinski definition) is 6. The second-order valence-corrected chi connectivity index (χ2v) is 6.19. The third kappa shape index (κ3) is 3.07. The van der Waals surface area contributed by atoms with Gasteiger partial charge in [0.2, 0.25) is 5.95 Å². The summed E-state index contributed by atoms with van der Waals surface area (Å²) in [4.78, 5) is 13.0. The lowest BCUT2D eigenvalue weighted by Crippen LogP contribution is -2.16. The van der Waals surface area contributed by atoms with Crippen LogP contribution in [-0.2, 0) is 7.05 Å². The molecule has 4 rings (SSSR count). The maximum absolute atomic E-state index is 12.3. The van der Waals surface area contributed by atoms with Gasteiger partial charge in [0, 0.05) is 19.3 Å². The molecule has 0 spiro atoms. The highest BCUT2D eigenvalue weighted by molar-refractivity contribution is 7.22. The average molecular weight is 365 g/mol. The van der Waals surface area contributed by atoms with E-state index in [-0.39, 0.29) is 5.75 Å². The summed E-state index contributed by atoms with van der Waals surface area (Å²) in [5.74, 6) is 0.265. The van der Waals surface area contributed by atoms with E-state index in [9.17, 15) is 13.2 Å². The highest BCUT2D eigenvalue weighted by Gasteiger charge is 2.31. The molecule has 10 heteroatoms. The molecule has 0 aliphatic heterocycles. The van der Waals surface area contributed by atoms with Gasteiger partial charge in [0.15, 0.2) is 10.8 Å². The fourth-order valence-corrected chi connectivity index (χ4v) is 3.27. The zero-order valence-corrected chi connectivity index (χ0v) is 13.5. The predicted molar refractivity (Wildman–Crippen MR) is 88.1 cm³/mol. The maximum Gasteiger partial charge on any atom is 0.573 e. The number of fused-ring (bicyclic) bond motifs is 2. The van der Waals surface area contributed by atoms with Crippen molar-refractivity contribution in [3.63, 3.8) is 0 Å². The number of alkyl halides is 3. The quantitative estimate of drug-likeness (QED) is 0.589. The molecular formula is C15H10F3N5OS. The molecule has 25 heavy (non-hydrogen) atoms. The van der Waals surface area contributed by atoms with E-state index in [1.807, 2.05) is 13.1 Å². The zero-order valence-electron chi connectivity index (χ0n) is 12.7. The number of aryl methyl sites for hydroxylation is 1. The summed E-state index contributed by atoms with van der Waals surface area (Å²) in [7, 11) is 1.81. The molecule has 1 aromatic carbocycles. The molecule has 0 saturated carbocycles. The summed E-state index contributed by atoms with van der Waals surface area (Å²) in [6, 6.07) is 7.65. The van der Waals surface area contributed by atoms with E-state index >= 15 is 0 Å². The predicted octanol–water partition coefficient (Wildman–Crippen LogP) is 4.22. The molecule has 0 saturated heterocycles. The number of ether oxygens (including phenoxy) is 1. The smallest absolute Gasteiger partial charge is 0.406 e. The van der Waals surface area contributed by atoms with E-state index in [2.05, 4.69) is 25.0 Å². The Morgan fingerprint density at radius 3 is 2.76 bits per heavy atom. The van der Waals surface area contributed by atoms with Crippen LogP contribution >= 0.6 is 11.3 Å². The van der Waals surface area contributed by atoms with Crippen molar-refractivity contribution in [1.29, 1.82) is 0 Å². The number of halogens is 3. The SMILES string of the molecule is Cn1c(Nc2nc3ccc(OC(F)(F)F)cc3s2)nc2cccnc21. The van der Waals surface area contributed by atoms with Gasteiger partial charge >= 0.3 is 6.36 Å². The number of nitrogens with one attached hydrogen (secondary N) is 1. The minimum absolute atomic E-state index is 0.276. The molecule has 1 N–H and O–H groups in total. The Labute approximate surface area is 142 Å². The van der Waals surface area contributed by atoms with E-state index in [0.717, 1.165) is 5.52 Å². The highest BCUT2D eigenvalue weighted by atomic mass is 32.1. The first-order chi connectivity index (χ1) is 11.9. The van der Waals surface area contributed by atoms with E-state index in [0.29, 0.717) is 26.9 Å². The molecule has 0 atom stereocenters. The highest BCUT2D eigenvalue weighted by Crippen LogP contribution is 2.33. The topological polar surface area (TPSA) is 64.9 Å². The maximum atomic E-state index is 12.3. The van der Waals surface area contributed by atoms with Gasteiger partial charge < -0.3 is 10.1 Å². The summed E-state index contributed by atoms with van der Waals surface area (Å²) in [5.41, 5.74) is 2.01. The number of hydrogen-bond donors (Lipinski definition) is 1. The monoisotopic (exact) mass is 365 g/mol. The Kier molecular flexibility index (Phi) is 3.49. The molecule has 0 unspecified atom stereocenters. The van der Waals surface area contributed by atoms with Crippen LogP contribution in [0, 0.1) is 0 Å². The first-order valence-corrected chi connectivity index (χ1v) is 7.91. The van der Waals surface area contributed by atoms with Crippen LogP contribution in [0.1, 0.15) is 0 Å². The third-order valence-corrected chi connectivity index (χ3v) is 4.37. The fourth-order valence-electron chi connectivity index (χ4n) is 2.39. The molecule has 3 heterocycles. The number of imidazole rings is 1. The van der Waals surface area contributed by atoms with Crippen molar-refractivity contribution in [2.24, 2.45) is 7.05 Å². The summed E-state index contributed by atoms with van der Waals surface area (Å²) in [6.45, 7) is 0. The van der Waals surface area contributed by atoms with Crippen molar-refractivity contribution in [3.8, 4) is 5.75 Å². The Balaban J connectivity index is 1.66. The van der Waals surface area contributed by atoms with Crippen molar-refractivity contribution < 1.29 is 17.9 Å². The molecule has 0 aliphatic carbocycles. The van der Waals surface area contributed by atoms with Crippen LogP contribution < -0.4 is 10.1 Å². The standard InChI is InChI=1S/C15H10F3N5OS/c1-23-12-10(3-2-6-19-12)20-13(23)22-14-21-9-5-4-8(7-11(9)25-14)24-15(16,17)18/h2-7H,1H3,(H,20,21,22). The first kappa shape index (κ1) is 15.6. The molecule has 0 amide bonds. The third-order valence-electron chi connectivity index (χ3n) is 3.44. The Hall–Kier alpha value is -2.88. The van der Waals surface area contributed by atoms with Crippen LogP contribution in [0.4, 0.5) is 24.3 Å². The molecular weight excluding hydrogens is 355 g/mol. The van der Waals surface area contributed by atoms with Gasteiger partial charge in [-0.2, -0.15) is 0 Å². The lowest BCUT2D eigenvalue weighted by molar-refractivity contribution is -0.274. The molecule has 128 valence electrons. The number of rotatable bonds is 3. The van der Waals surface area contributed by atoms with Crippen LogP contribution in [0.2, 0.25) is 0 Å². The number of nitrogens with zero attached hydrogens (tertiary/aromatic N) is 4. The summed E-state index contributed by atoms with van der Waals surface area (Å²) >= 11 is 1.21. The number of benzene rings is 1. The first-order valence-electron chi connectivity index (χ1n) is 7.10. The van der Waals surface area contributed by atoms with Gasteiger partial charge in [-0.1, -0.05) is 11.3 Å². The summed E-state index contributed by atoms with van der Waals surface area (Å²) < 4.78 is 43.2. The Morgan fingerprint density at radius 1 is 1.16 bits per heavy atom. The summed E-state index contributed by atoms with van der Waals surface area (Å²) in [5, 5.41) is 3.59. The number of aromatic nitrogens is 4. The van der Waals surface area contributed by atoms with Crippen molar-refractivity contribution >= 4 is 43.8 Å². The van der Waals surface area contributed by atoms with Crippen LogP contribution in [0.25, 0.3) is 21.4 Å². The molecule has 0 bridgehead atoms. The van der Waals surface area contributed by atoms with Crippen LogP contribution in [0.5, 0.6) is 5.75 Å². The van der Waals surface area contributed by atoms with Gasteiger partial charge in [0.05, 0.1) is 10.2 Å². The molecule has 0 aliphatic rings. The van der Waals surface area contributed by atoms with Gasteiger partial charge in [-0.25, -0.2) is 15.0 Å². The van der Waals surface area contributed by atoms with Gasteiger partial charge in [-0.3, -0.25) is 4.57 Å². The molecule has 3 aromatic heterocycles. The minimum Gasteiger partial charge on any atom is -0.406 e. The normalized spacial score (nSPS) is 12.0. The Bertz CT molecular complexity index is 1070. The second-order valence-electron chi connectivity index (χ2n) is 5.16. The van der Waals surface area contributed by atoms with Gasteiger partial charge in [0.25, 0.3) is 0 Å². The minimum atomic E-state index is -4.72. The number of pyridine rings is 1. The molecule has 4 aromatic rings. The van der Waals surface area contributed by atoms with Gasteiger partial charge in [-0.15, -0.1) is 13.2 Å². The number of anilines is 2. The average Bonchev–Trinajstić information content (AvgIpc) is 3.07. The van der Waals surface area contributed by atoms with Crippen molar-refractivity contribution in [1.82, 2.24) is 19.5 Å². The van der Waals surface area contributed by atoms with Crippen molar-refractivity contribution in [2.75, 3.05) is 5.32 Å². The Morgan fingerprint density at radius 2 is 2.00 bits per heavy atom. The largest absolute Gasteiger partial charge is 0.573 e. The van der Waals surface area contributed by atoms with E-state index in [1.165, 1.54) is 29.5 Å². The fraction of sp³-hybridized carbons (Fsp3) is 0.133. The van der Waals surface area contributed by atoms with Crippen LogP contribution in [-0.4, -0.2) is 25.9 Å². The van der Waals surface area contributed by atoms with Gasteiger partial charge in [0.1, 0.15) is 11.3 Å². The molecule has 6 nitrogen and oxygen atoms in total. The van der Waals surface area contributed by atoms with Crippen molar-refractivity contribution in [2.45, 2.75) is 6.36 Å². The van der Waals surface area contributed by atoms with Gasteiger partial charge in [-0.05, 0) is 24.3 Å². The summed E-state index contributed by atoms with van der Waals surface area (Å²) in [6.07, 6.45) is -3.05. The zero-order chi connectivity index (χ0) is 17.6. The van der Waals surface area contributed by atoms with E-state index in [1.54, 1.807) is 16.8 Å². The lowest BCUT2D eigenvalue weighted by atomic mass is 10.3. The molecule has 0 radical (unpaired) electrons. The second kappa shape index (κ2) is 5.59. The molecule has 0 fully saturated rings.